The molecule has 0 atom stereocenters. The van der Waals surface area contributed by atoms with Crippen molar-refractivity contribution in [2.75, 3.05) is 17.8 Å². The lowest BCUT2D eigenvalue weighted by Crippen LogP contribution is -2.32. The van der Waals surface area contributed by atoms with Crippen LogP contribution in [-0.2, 0) is 10.0 Å². The van der Waals surface area contributed by atoms with E-state index in [1.165, 1.54) is 24.3 Å². The van der Waals surface area contributed by atoms with Gasteiger partial charge in [-0.1, -0.05) is 13.8 Å². The van der Waals surface area contributed by atoms with Gasteiger partial charge in [-0.2, -0.15) is 0 Å². The predicted molar refractivity (Wildman–Crippen MR) is 107 cm³/mol. The summed E-state index contributed by atoms with van der Waals surface area (Å²) >= 11 is 0. The van der Waals surface area contributed by atoms with Crippen molar-refractivity contribution in [3.8, 4) is 0 Å². The lowest BCUT2D eigenvalue weighted by molar-refractivity contribution is -0.384. The Bertz CT molecular complexity index is 919. The van der Waals surface area contributed by atoms with Crippen LogP contribution in [0.1, 0.15) is 37.0 Å². The van der Waals surface area contributed by atoms with Crippen molar-refractivity contribution in [1.82, 2.24) is 4.90 Å². The molecule has 0 aromatic heterocycles. The third-order valence-corrected chi connectivity index (χ3v) is 5.41. The number of hydrogen-bond donors (Lipinski definition) is 1. The minimum atomic E-state index is -3.89. The average molecular weight is 405 g/mol. The Balaban J connectivity index is 2.14. The molecule has 1 amide bonds. The molecule has 0 saturated carbocycles. The Morgan fingerprint density at radius 3 is 2.00 bits per heavy atom. The maximum absolute atomic E-state index is 12.6. The van der Waals surface area contributed by atoms with Crippen LogP contribution in [0.25, 0.3) is 0 Å². The van der Waals surface area contributed by atoms with E-state index >= 15 is 0 Å². The third-order valence-electron chi connectivity index (χ3n) is 4.02. The van der Waals surface area contributed by atoms with Crippen molar-refractivity contribution in [3.05, 3.63) is 64.2 Å². The first-order chi connectivity index (χ1) is 13.3. The van der Waals surface area contributed by atoms with Gasteiger partial charge in [-0.05, 0) is 49.2 Å². The molecule has 0 fully saturated rings. The van der Waals surface area contributed by atoms with Crippen molar-refractivity contribution in [1.29, 1.82) is 0 Å². The van der Waals surface area contributed by atoms with Crippen LogP contribution in [0.2, 0.25) is 0 Å². The number of amides is 1. The first-order valence-electron chi connectivity index (χ1n) is 8.95. The number of anilines is 1. The van der Waals surface area contributed by atoms with E-state index in [2.05, 4.69) is 4.72 Å². The van der Waals surface area contributed by atoms with Crippen LogP contribution in [0.3, 0.4) is 0 Å². The van der Waals surface area contributed by atoms with Crippen molar-refractivity contribution in [2.45, 2.75) is 31.6 Å². The number of hydrogen-bond acceptors (Lipinski definition) is 5. The van der Waals surface area contributed by atoms with Gasteiger partial charge in [-0.3, -0.25) is 19.6 Å². The minimum Gasteiger partial charge on any atom is -0.339 e. The maximum Gasteiger partial charge on any atom is 0.269 e. The summed E-state index contributed by atoms with van der Waals surface area (Å²) in [6.07, 6.45) is 1.72. The number of carbonyl (C=O) groups excluding carboxylic acids is 1. The number of nitrogens with one attached hydrogen (secondary N) is 1. The average Bonchev–Trinajstić information content (AvgIpc) is 2.67. The van der Waals surface area contributed by atoms with Crippen LogP contribution in [0, 0.1) is 10.1 Å². The molecule has 150 valence electrons. The van der Waals surface area contributed by atoms with Gasteiger partial charge in [-0.15, -0.1) is 0 Å². The zero-order valence-electron chi connectivity index (χ0n) is 15.8. The van der Waals surface area contributed by atoms with Crippen molar-refractivity contribution < 1.29 is 18.1 Å². The molecule has 2 aromatic rings. The van der Waals surface area contributed by atoms with E-state index in [4.69, 9.17) is 0 Å². The van der Waals surface area contributed by atoms with E-state index < -0.39 is 14.9 Å². The number of carbonyl (C=O) groups is 1. The standard InChI is InChI=1S/C19H23N3O5S/c1-3-13-21(14-4-2)19(23)15-5-7-16(8-6-15)20-28(26,27)18-11-9-17(10-12-18)22(24)25/h5-12,20H,3-4,13-14H2,1-2H3. The second-order valence-corrected chi connectivity index (χ2v) is 7.91. The van der Waals surface area contributed by atoms with Crippen LogP contribution in [0.15, 0.2) is 53.4 Å². The predicted octanol–water partition coefficient (Wildman–Crippen LogP) is 3.66. The van der Waals surface area contributed by atoms with Crippen LogP contribution in [0.4, 0.5) is 11.4 Å². The van der Waals surface area contributed by atoms with Crippen LogP contribution >= 0.6 is 0 Å². The van der Waals surface area contributed by atoms with Crippen molar-refractivity contribution >= 4 is 27.3 Å². The molecule has 28 heavy (non-hydrogen) atoms. The smallest absolute Gasteiger partial charge is 0.269 e. The normalized spacial score (nSPS) is 11.1. The first kappa shape index (κ1) is 21.4. The molecule has 0 aliphatic rings. The topological polar surface area (TPSA) is 110 Å². The number of non-ortho nitro benzene ring substituents is 1. The van der Waals surface area contributed by atoms with Gasteiger partial charge in [0.25, 0.3) is 21.6 Å². The van der Waals surface area contributed by atoms with Gasteiger partial charge < -0.3 is 4.90 Å². The second-order valence-electron chi connectivity index (χ2n) is 6.23. The molecular weight excluding hydrogens is 382 g/mol. The van der Waals surface area contributed by atoms with Crippen LogP contribution in [0.5, 0.6) is 0 Å². The zero-order chi connectivity index (χ0) is 20.7. The molecule has 0 spiro atoms. The van der Waals surface area contributed by atoms with E-state index in [0.29, 0.717) is 24.3 Å². The van der Waals surface area contributed by atoms with E-state index in [-0.39, 0.29) is 16.5 Å². The molecule has 2 aromatic carbocycles. The highest BCUT2D eigenvalue weighted by Gasteiger charge is 2.17. The number of rotatable bonds is 9. The molecule has 2 rings (SSSR count). The third kappa shape index (κ3) is 5.29. The van der Waals surface area contributed by atoms with Gasteiger partial charge in [-0.25, -0.2) is 8.42 Å². The van der Waals surface area contributed by atoms with Gasteiger partial charge in [0.15, 0.2) is 0 Å². The fourth-order valence-corrected chi connectivity index (χ4v) is 3.74. The Hall–Kier alpha value is -2.94. The molecule has 0 unspecified atom stereocenters. The zero-order valence-corrected chi connectivity index (χ0v) is 16.6. The Morgan fingerprint density at radius 1 is 1.00 bits per heavy atom. The first-order valence-corrected chi connectivity index (χ1v) is 10.4. The molecule has 0 bridgehead atoms. The number of benzene rings is 2. The highest BCUT2D eigenvalue weighted by atomic mass is 32.2. The molecule has 9 heteroatoms. The van der Waals surface area contributed by atoms with Crippen LogP contribution in [-0.4, -0.2) is 37.2 Å². The molecule has 0 aliphatic carbocycles. The summed E-state index contributed by atoms with van der Waals surface area (Å²) in [5.74, 6) is -0.0894. The van der Waals surface area contributed by atoms with Crippen LogP contribution < -0.4 is 4.72 Å². The van der Waals surface area contributed by atoms with Gasteiger partial charge in [0.1, 0.15) is 0 Å². The number of nitro groups is 1. The van der Waals surface area contributed by atoms with E-state index in [0.717, 1.165) is 25.0 Å². The lowest BCUT2D eigenvalue weighted by atomic mass is 10.1. The van der Waals surface area contributed by atoms with Gasteiger partial charge in [0, 0.05) is 36.5 Å². The number of nitro benzene ring substituents is 1. The summed E-state index contributed by atoms with van der Waals surface area (Å²) in [4.78, 5) is 24.3. The van der Waals surface area contributed by atoms with Crippen molar-refractivity contribution in [3.63, 3.8) is 0 Å². The quantitative estimate of drug-likeness (QED) is 0.506. The number of nitrogens with zero attached hydrogens (tertiary/aromatic N) is 2. The summed E-state index contributed by atoms with van der Waals surface area (Å²) in [6, 6.07) is 10.8. The molecule has 0 aliphatic heterocycles. The molecule has 0 saturated heterocycles. The van der Waals surface area contributed by atoms with Gasteiger partial charge in [0.2, 0.25) is 0 Å². The maximum atomic E-state index is 12.6. The Morgan fingerprint density at radius 2 is 1.54 bits per heavy atom. The van der Waals surface area contributed by atoms with E-state index in [9.17, 15) is 23.3 Å². The molecular formula is C19H23N3O5S. The molecule has 0 radical (unpaired) electrons. The van der Waals surface area contributed by atoms with Crippen molar-refractivity contribution in [2.24, 2.45) is 0 Å². The lowest BCUT2D eigenvalue weighted by Gasteiger charge is -2.21. The summed E-state index contributed by atoms with van der Waals surface area (Å²) in [7, 11) is -3.89. The second kappa shape index (κ2) is 9.32. The van der Waals surface area contributed by atoms with Gasteiger partial charge in [0.05, 0.1) is 9.82 Å². The SMILES string of the molecule is CCCN(CCC)C(=O)c1ccc(NS(=O)(=O)c2ccc([N+](=O)[O-])cc2)cc1. The number of sulfonamides is 1. The minimum absolute atomic E-state index is 0.0877. The van der Waals surface area contributed by atoms with Gasteiger partial charge >= 0.3 is 0 Å². The summed E-state index contributed by atoms with van der Waals surface area (Å²) < 4.78 is 27.3. The van der Waals surface area contributed by atoms with E-state index in [1.54, 1.807) is 17.0 Å². The summed E-state index contributed by atoms with van der Waals surface area (Å²) in [5, 5.41) is 10.7. The fourth-order valence-electron chi connectivity index (χ4n) is 2.68. The molecule has 0 heterocycles. The van der Waals surface area contributed by atoms with E-state index in [1.807, 2.05) is 13.8 Å². The Kier molecular flexibility index (Phi) is 7.11. The summed E-state index contributed by atoms with van der Waals surface area (Å²) in [6.45, 7) is 5.35. The molecule has 1 N–H and O–H groups in total. The fraction of sp³-hybridized carbons (Fsp3) is 0.316. The largest absolute Gasteiger partial charge is 0.339 e. The summed E-state index contributed by atoms with van der Waals surface area (Å²) in [5.41, 5.74) is 0.596. The highest BCUT2D eigenvalue weighted by molar-refractivity contribution is 7.92. The highest BCUT2D eigenvalue weighted by Crippen LogP contribution is 2.20. The monoisotopic (exact) mass is 405 g/mol. The molecule has 8 nitrogen and oxygen atoms in total. The Labute approximate surface area is 164 Å².